The van der Waals surface area contributed by atoms with Crippen LogP contribution < -0.4 is 14.8 Å². The molecule has 2 heterocycles. The zero-order chi connectivity index (χ0) is 18.9. The average Bonchev–Trinajstić information content (AvgIpc) is 3.36. The van der Waals surface area contributed by atoms with Gasteiger partial charge in [0.15, 0.2) is 18.1 Å². The molecule has 1 amide bonds. The van der Waals surface area contributed by atoms with Crippen molar-refractivity contribution in [3.05, 3.63) is 66.5 Å². The summed E-state index contributed by atoms with van der Waals surface area (Å²) >= 11 is 1.64. The van der Waals surface area contributed by atoms with Gasteiger partial charge in [0.25, 0.3) is 5.91 Å². The molecule has 27 heavy (non-hydrogen) atoms. The van der Waals surface area contributed by atoms with Crippen LogP contribution >= 0.6 is 11.3 Å². The summed E-state index contributed by atoms with van der Waals surface area (Å²) in [5.41, 5.74) is 1.94. The van der Waals surface area contributed by atoms with E-state index in [1.54, 1.807) is 35.9 Å². The summed E-state index contributed by atoms with van der Waals surface area (Å²) in [7, 11) is 0. The Hall–Kier alpha value is -3.06. The molecule has 0 spiro atoms. The summed E-state index contributed by atoms with van der Waals surface area (Å²) in [5.74, 6) is 0.928. The van der Waals surface area contributed by atoms with E-state index in [0.717, 1.165) is 16.3 Å². The number of nitrogens with zero attached hydrogens (tertiary/aromatic N) is 1. The van der Waals surface area contributed by atoms with Crippen molar-refractivity contribution in [3.63, 3.8) is 0 Å². The Morgan fingerprint density at radius 3 is 2.78 bits per heavy atom. The maximum atomic E-state index is 12.1. The van der Waals surface area contributed by atoms with Crippen molar-refractivity contribution < 1.29 is 14.3 Å². The Kier molecular flexibility index (Phi) is 6.65. The van der Waals surface area contributed by atoms with Gasteiger partial charge in [-0.2, -0.15) is 0 Å². The van der Waals surface area contributed by atoms with Crippen LogP contribution in [0.5, 0.6) is 11.5 Å². The van der Waals surface area contributed by atoms with Gasteiger partial charge in [-0.05, 0) is 23.6 Å². The number of hydrogen-bond donors (Lipinski definition) is 2. The molecule has 0 saturated carbocycles. The van der Waals surface area contributed by atoms with Crippen molar-refractivity contribution in [2.24, 2.45) is 0 Å². The first-order valence-corrected chi connectivity index (χ1v) is 9.44. The fourth-order valence-electron chi connectivity index (χ4n) is 2.50. The summed E-state index contributed by atoms with van der Waals surface area (Å²) in [4.78, 5) is 20.7. The predicted molar refractivity (Wildman–Crippen MR) is 106 cm³/mol. The predicted octanol–water partition coefficient (Wildman–Crippen LogP) is 3.44. The van der Waals surface area contributed by atoms with Gasteiger partial charge in [-0.1, -0.05) is 30.9 Å². The van der Waals surface area contributed by atoms with Crippen LogP contribution in [0.25, 0.3) is 10.6 Å². The lowest BCUT2D eigenvalue weighted by Gasteiger charge is -2.11. The summed E-state index contributed by atoms with van der Waals surface area (Å²) in [6.45, 7) is 4.42. The topological polar surface area (TPSA) is 76.2 Å². The van der Waals surface area contributed by atoms with E-state index in [2.05, 4.69) is 21.9 Å². The minimum Gasteiger partial charge on any atom is -0.486 e. The molecule has 2 aromatic heterocycles. The molecule has 140 valence electrons. The molecule has 2 N–H and O–H groups in total. The first-order chi connectivity index (χ1) is 13.3. The summed E-state index contributed by atoms with van der Waals surface area (Å²) in [6, 6.07) is 11.3. The van der Waals surface area contributed by atoms with Crippen LogP contribution in [-0.4, -0.2) is 35.6 Å². The minimum absolute atomic E-state index is 0.0742. The molecule has 3 rings (SSSR count). The molecule has 0 aliphatic carbocycles. The Morgan fingerprint density at radius 1 is 1.22 bits per heavy atom. The maximum absolute atomic E-state index is 12.1. The molecule has 3 aromatic rings. The lowest BCUT2D eigenvalue weighted by atomic mass is 10.2. The third kappa shape index (κ3) is 5.21. The van der Waals surface area contributed by atoms with Crippen LogP contribution in [0.15, 0.2) is 60.8 Å². The van der Waals surface area contributed by atoms with E-state index in [1.165, 1.54) is 0 Å². The first kappa shape index (κ1) is 18.7. The van der Waals surface area contributed by atoms with Gasteiger partial charge in [0.05, 0.1) is 11.2 Å². The number of carbonyl (C=O) groups excluding carboxylic acids is 1. The molecule has 7 heteroatoms. The largest absolute Gasteiger partial charge is 0.486 e. The van der Waals surface area contributed by atoms with Crippen molar-refractivity contribution in [2.75, 3.05) is 19.8 Å². The molecule has 0 radical (unpaired) electrons. The van der Waals surface area contributed by atoms with Gasteiger partial charge < -0.3 is 19.8 Å². The molecule has 0 aliphatic rings. The van der Waals surface area contributed by atoms with Gasteiger partial charge in [0.1, 0.15) is 12.3 Å². The highest BCUT2D eigenvalue weighted by Gasteiger charge is 2.10. The van der Waals surface area contributed by atoms with Crippen molar-refractivity contribution in [2.45, 2.75) is 6.42 Å². The second-order valence-electron chi connectivity index (χ2n) is 5.64. The molecule has 0 unspecified atom stereocenters. The highest BCUT2D eigenvalue weighted by atomic mass is 32.1. The van der Waals surface area contributed by atoms with E-state index < -0.39 is 0 Å². The normalized spacial score (nSPS) is 10.4. The number of amides is 1. The van der Waals surface area contributed by atoms with Gasteiger partial charge in [-0.3, -0.25) is 4.79 Å². The van der Waals surface area contributed by atoms with Crippen LogP contribution in [0, 0.1) is 0 Å². The number of carbonyl (C=O) groups is 1. The summed E-state index contributed by atoms with van der Waals surface area (Å²) < 4.78 is 11.1. The lowest BCUT2D eigenvalue weighted by molar-refractivity contribution is -0.123. The second-order valence-corrected chi connectivity index (χ2v) is 6.59. The van der Waals surface area contributed by atoms with Crippen molar-refractivity contribution in [3.8, 4) is 22.1 Å². The Bertz CT molecular complexity index is 874. The van der Waals surface area contributed by atoms with Crippen LogP contribution in [0.3, 0.4) is 0 Å². The molecular weight excluding hydrogens is 362 g/mol. The number of aromatic nitrogens is 2. The summed E-state index contributed by atoms with van der Waals surface area (Å²) in [6.07, 6.45) is 4.00. The highest BCUT2D eigenvalue weighted by Crippen LogP contribution is 2.26. The number of rotatable bonds is 10. The molecular formula is C20H21N3O3S. The molecule has 6 nitrogen and oxygen atoms in total. The van der Waals surface area contributed by atoms with Gasteiger partial charge in [-0.25, -0.2) is 4.98 Å². The minimum atomic E-state index is -0.189. The van der Waals surface area contributed by atoms with Crippen LogP contribution in [0.4, 0.5) is 0 Å². The van der Waals surface area contributed by atoms with E-state index in [-0.39, 0.29) is 12.5 Å². The Morgan fingerprint density at radius 2 is 2.04 bits per heavy atom. The fraction of sp³-hybridized carbons (Fsp3) is 0.200. The van der Waals surface area contributed by atoms with E-state index >= 15 is 0 Å². The zero-order valence-electron chi connectivity index (χ0n) is 14.8. The molecule has 0 aliphatic heterocycles. The molecule has 0 bridgehead atoms. The van der Waals surface area contributed by atoms with Crippen molar-refractivity contribution in [1.82, 2.24) is 15.3 Å². The van der Waals surface area contributed by atoms with E-state index in [1.807, 2.05) is 29.6 Å². The van der Waals surface area contributed by atoms with E-state index in [9.17, 15) is 4.79 Å². The van der Waals surface area contributed by atoms with Crippen molar-refractivity contribution >= 4 is 17.2 Å². The lowest BCUT2D eigenvalue weighted by Crippen LogP contribution is -2.30. The zero-order valence-corrected chi connectivity index (χ0v) is 15.6. The van der Waals surface area contributed by atoms with Gasteiger partial charge in [0, 0.05) is 18.7 Å². The number of benzene rings is 1. The Balaban J connectivity index is 1.46. The molecule has 0 atom stereocenters. The number of nitrogens with one attached hydrogen (secondary N) is 2. The van der Waals surface area contributed by atoms with Gasteiger partial charge in [0.2, 0.25) is 0 Å². The van der Waals surface area contributed by atoms with Gasteiger partial charge >= 0.3 is 0 Å². The second kappa shape index (κ2) is 9.59. The number of H-pyrrole nitrogens is 1. The number of thiophene rings is 1. The number of para-hydroxylation sites is 2. The number of imidazole rings is 1. The first-order valence-electron chi connectivity index (χ1n) is 8.56. The van der Waals surface area contributed by atoms with E-state index in [4.69, 9.17) is 9.47 Å². The molecule has 0 saturated heterocycles. The number of aromatic amines is 1. The molecule has 1 aromatic carbocycles. The Labute approximate surface area is 161 Å². The third-order valence-corrected chi connectivity index (χ3v) is 4.61. The smallest absolute Gasteiger partial charge is 0.257 e. The number of ether oxygens (including phenoxy) is 2. The highest BCUT2D eigenvalue weighted by molar-refractivity contribution is 7.13. The third-order valence-electron chi connectivity index (χ3n) is 3.73. The fourth-order valence-corrected chi connectivity index (χ4v) is 3.24. The van der Waals surface area contributed by atoms with Gasteiger partial charge in [-0.15, -0.1) is 11.3 Å². The quantitative estimate of drug-likeness (QED) is 0.526. The van der Waals surface area contributed by atoms with E-state index in [0.29, 0.717) is 31.1 Å². The van der Waals surface area contributed by atoms with Crippen LogP contribution in [0.1, 0.15) is 5.69 Å². The average molecular weight is 383 g/mol. The molecule has 0 fully saturated rings. The number of hydrogen-bond acceptors (Lipinski definition) is 5. The summed E-state index contributed by atoms with van der Waals surface area (Å²) in [5, 5.41) is 4.88. The SMILES string of the molecule is C=CCOc1ccccc1OCC(=O)NCCc1[nH]cnc1-c1cccs1. The van der Waals surface area contributed by atoms with Crippen LogP contribution in [-0.2, 0) is 11.2 Å². The van der Waals surface area contributed by atoms with Crippen molar-refractivity contribution in [1.29, 1.82) is 0 Å². The van der Waals surface area contributed by atoms with Crippen LogP contribution in [0.2, 0.25) is 0 Å². The monoisotopic (exact) mass is 383 g/mol. The maximum Gasteiger partial charge on any atom is 0.257 e. The standard InChI is InChI=1S/C20H21N3O3S/c1-2-11-25-16-6-3-4-7-17(16)26-13-19(24)21-10-9-15-20(23-14-22-15)18-8-5-12-27-18/h2-8,12,14H,1,9-11,13H2,(H,21,24)(H,22,23).